The quantitative estimate of drug-likeness (QED) is 0.763. The summed E-state index contributed by atoms with van der Waals surface area (Å²) in [5, 5.41) is 5.60. The third-order valence-corrected chi connectivity index (χ3v) is 3.46. The molecule has 0 unspecified atom stereocenters. The van der Waals surface area contributed by atoms with E-state index < -0.39 is 5.60 Å². The van der Waals surface area contributed by atoms with Crippen LogP contribution in [0.2, 0.25) is 0 Å². The molecule has 0 heterocycles. The van der Waals surface area contributed by atoms with Crippen LogP contribution in [0.4, 0.5) is 4.79 Å². The zero-order valence-corrected chi connectivity index (χ0v) is 13.5. The van der Waals surface area contributed by atoms with Crippen molar-refractivity contribution in [3.05, 3.63) is 0 Å². The molecule has 2 amide bonds. The highest BCUT2D eigenvalue weighted by atomic mass is 16.6. The van der Waals surface area contributed by atoms with Gasteiger partial charge in [0, 0.05) is 19.6 Å². The number of hydrogen-bond donors (Lipinski definition) is 2. The van der Waals surface area contributed by atoms with Gasteiger partial charge in [-0.2, -0.15) is 0 Å². The van der Waals surface area contributed by atoms with E-state index >= 15 is 0 Å². The minimum Gasteiger partial charge on any atom is -0.444 e. The highest BCUT2D eigenvalue weighted by Crippen LogP contribution is 2.27. The first-order valence-corrected chi connectivity index (χ1v) is 7.55. The number of methoxy groups -OCH3 is 1. The van der Waals surface area contributed by atoms with E-state index in [4.69, 9.17) is 9.47 Å². The zero-order valence-electron chi connectivity index (χ0n) is 13.5. The van der Waals surface area contributed by atoms with Crippen LogP contribution in [0, 0.1) is 5.92 Å². The maximum Gasteiger partial charge on any atom is 0.407 e. The average Bonchev–Trinajstić information content (AvgIpc) is 2.36. The van der Waals surface area contributed by atoms with Gasteiger partial charge in [0.15, 0.2) is 0 Å². The number of alkyl carbamates (subject to hydrolysis) is 1. The predicted molar refractivity (Wildman–Crippen MR) is 79.8 cm³/mol. The lowest BCUT2D eigenvalue weighted by Gasteiger charge is -2.29. The molecule has 1 fully saturated rings. The summed E-state index contributed by atoms with van der Waals surface area (Å²) in [6.07, 6.45) is 3.84. The Morgan fingerprint density at radius 3 is 2.29 bits per heavy atom. The molecule has 0 bridgehead atoms. The fourth-order valence-electron chi connectivity index (χ4n) is 2.47. The molecule has 0 saturated heterocycles. The van der Waals surface area contributed by atoms with Crippen LogP contribution < -0.4 is 10.6 Å². The molecule has 1 saturated carbocycles. The van der Waals surface area contributed by atoms with Crippen LogP contribution in [0.5, 0.6) is 0 Å². The number of carbonyl (C=O) groups excluding carboxylic acids is 2. The summed E-state index contributed by atoms with van der Waals surface area (Å²) < 4.78 is 10.1. The Balaban J connectivity index is 2.23. The zero-order chi connectivity index (χ0) is 15.9. The lowest BCUT2D eigenvalue weighted by molar-refractivity contribution is -0.123. The van der Waals surface area contributed by atoms with Crippen LogP contribution in [-0.4, -0.2) is 37.5 Å². The summed E-state index contributed by atoms with van der Waals surface area (Å²) in [6.45, 7) is 5.81. The minimum atomic E-state index is -0.472. The highest BCUT2D eigenvalue weighted by Gasteiger charge is 2.25. The van der Waals surface area contributed by atoms with E-state index in [-0.39, 0.29) is 24.8 Å². The average molecular weight is 300 g/mol. The van der Waals surface area contributed by atoms with Gasteiger partial charge >= 0.3 is 6.09 Å². The fraction of sp³-hybridized carbons (Fsp3) is 0.867. The molecule has 1 aliphatic carbocycles. The van der Waals surface area contributed by atoms with Crippen molar-refractivity contribution in [3.63, 3.8) is 0 Å². The summed E-state index contributed by atoms with van der Waals surface area (Å²) >= 11 is 0. The van der Waals surface area contributed by atoms with Crippen molar-refractivity contribution in [1.29, 1.82) is 0 Å². The lowest BCUT2D eigenvalue weighted by Crippen LogP contribution is -2.41. The minimum absolute atomic E-state index is 0.0281. The Morgan fingerprint density at radius 2 is 1.76 bits per heavy atom. The third kappa shape index (κ3) is 7.90. The second-order valence-corrected chi connectivity index (χ2v) is 6.60. The molecular weight excluding hydrogens is 272 g/mol. The number of ether oxygens (including phenoxy) is 2. The predicted octanol–water partition coefficient (Wildman–Crippen LogP) is 2.18. The number of hydrogen-bond acceptors (Lipinski definition) is 4. The second kappa shape index (κ2) is 8.22. The van der Waals surface area contributed by atoms with Gasteiger partial charge in [-0.3, -0.25) is 4.79 Å². The fourth-order valence-corrected chi connectivity index (χ4v) is 2.47. The number of rotatable bonds is 5. The number of nitrogens with one attached hydrogen (secondary N) is 2. The van der Waals surface area contributed by atoms with Crippen LogP contribution >= 0.6 is 0 Å². The van der Waals surface area contributed by atoms with Gasteiger partial charge in [-0.15, -0.1) is 0 Å². The van der Waals surface area contributed by atoms with Crippen molar-refractivity contribution in [2.24, 2.45) is 5.92 Å². The van der Waals surface area contributed by atoms with Gasteiger partial charge in [-0.05, 0) is 52.4 Å². The molecule has 2 N–H and O–H groups in total. The topological polar surface area (TPSA) is 76.7 Å². The monoisotopic (exact) mass is 300 g/mol. The summed E-state index contributed by atoms with van der Waals surface area (Å²) in [5.41, 5.74) is -0.472. The van der Waals surface area contributed by atoms with E-state index in [0.29, 0.717) is 12.3 Å². The van der Waals surface area contributed by atoms with Gasteiger partial charge in [0.25, 0.3) is 0 Å². The van der Waals surface area contributed by atoms with Crippen molar-refractivity contribution in [3.8, 4) is 0 Å². The van der Waals surface area contributed by atoms with E-state index in [1.165, 1.54) is 0 Å². The summed E-state index contributed by atoms with van der Waals surface area (Å²) in [7, 11) is 1.55. The molecule has 6 heteroatoms. The normalized spacial score (nSPS) is 22.5. The Bertz CT molecular complexity index is 344. The van der Waals surface area contributed by atoms with Crippen molar-refractivity contribution in [1.82, 2.24) is 10.6 Å². The van der Waals surface area contributed by atoms with Gasteiger partial charge in [-0.25, -0.2) is 4.79 Å². The first-order chi connectivity index (χ1) is 9.80. The van der Waals surface area contributed by atoms with Crippen LogP contribution in [0.1, 0.15) is 52.9 Å². The Hall–Kier alpha value is -1.30. The maximum atomic E-state index is 11.7. The second-order valence-electron chi connectivity index (χ2n) is 6.60. The van der Waals surface area contributed by atoms with Gasteiger partial charge in [-0.1, -0.05) is 0 Å². The largest absolute Gasteiger partial charge is 0.444 e. The molecule has 0 radical (unpaired) electrons. The first-order valence-electron chi connectivity index (χ1n) is 7.55. The van der Waals surface area contributed by atoms with Crippen LogP contribution in [0.3, 0.4) is 0 Å². The molecule has 0 aliphatic heterocycles. The Morgan fingerprint density at radius 1 is 1.14 bits per heavy atom. The molecule has 21 heavy (non-hydrogen) atoms. The molecular formula is C15H28N2O4. The molecule has 1 aliphatic rings. The SMILES string of the molecule is COCNC(=O)CC1CCC(NC(=O)OC(C)(C)C)CC1. The molecule has 1 rings (SSSR count). The summed E-state index contributed by atoms with van der Waals surface area (Å²) in [4.78, 5) is 23.3. The standard InChI is InChI=1S/C15H28N2O4/c1-15(2,3)21-14(19)17-12-7-5-11(6-8-12)9-13(18)16-10-20-4/h11-12H,5-10H2,1-4H3,(H,16,18)(H,17,19). The van der Waals surface area contributed by atoms with Crippen LogP contribution in [0.25, 0.3) is 0 Å². The molecule has 0 aromatic heterocycles. The molecule has 0 aromatic rings. The third-order valence-electron chi connectivity index (χ3n) is 3.46. The van der Waals surface area contributed by atoms with Gasteiger partial charge in [0.2, 0.25) is 5.91 Å². The van der Waals surface area contributed by atoms with Gasteiger partial charge in [0.05, 0.1) is 0 Å². The number of amides is 2. The van der Waals surface area contributed by atoms with Gasteiger partial charge < -0.3 is 20.1 Å². The Labute approximate surface area is 126 Å². The van der Waals surface area contributed by atoms with Crippen LogP contribution in [-0.2, 0) is 14.3 Å². The molecule has 0 aromatic carbocycles. The first kappa shape index (κ1) is 17.8. The van der Waals surface area contributed by atoms with E-state index in [1.807, 2.05) is 20.8 Å². The Kier molecular flexibility index (Phi) is 6.95. The number of carbonyl (C=O) groups is 2. The van der Waals surface area contributed by atoms with Crippen molar-refractivity contribution in [2.45, 2.75) is 64.5 Å². The van der Waals surface area contributed by atoms with E-state index in [0.717, 1.165) is 25.7 Å². The maximum absolute atomic E-state index is 11.7. The van der Waals surface area contributed by atoms with Crippen molar-refractivity contribution in [2.75, 3.05) is 13.8 Å². The molecule has 0 spiro atoms. The smallest absolute Gasteiger partial charge is 0.407 e. The summed E-state index contributed by atoms with van der Waals surface area (Å²) in [5.74, 6) is 0.416. The summed E-state index contributed by atoms with van der Waals surface area (Å²) in [6, 6.07) is 0.151. The molecule has 122 valence electrons. The van der Waals surface area contributed by atoms with Gasteiger partial charge in [0.1, 0.15) is 12.3 Å². The molecule has 6 nitrogen and oxygen atoms in total. The van der Waals surface area contributed by atoms with E-state index in [9.17, 15) is 9.59 Å². The lowest BCUT2D eigenvalue weighted by atomic mass is 9.84. The molecule has 0 atom stereocenters. The van der Waals surface area contributed by atoms with Crippen molar-refractivity contribution >= 4 is 12.0 Å². The van der Waals surface area contributed by atoms with E-state index in [2.05, 4.69) is 10.6 Å². The van der Waals surface area contributed by atoms with Crippen molar-refractivity contribution < 1.29 is 19.1 Å². The van der Waals surface area contributed by atoms with E-state index in [1.54, 1.807) is 7.11 Å². The highest BCUT2D eigenvalue weighted by molar-refractivity contribution is 5.76. The van der Waals surface area contributed by atoms with Crippen LogP contribution in [0.15, 0.2) is 0 Å².